The lowest BCUT2D eigenvalue weighted by molar-refractivity contribution is 0.112. The summed E-state index contributed by atoms with van der Waals surface area (Å²) in [6.07, 6.45) is 2.42. The van der Waals surface area contributed by atoms with Crippen LogP contribution in [0.5, 0.6) is 0 Å². The van der Waals surface area contributed by atoms with Gasteiger partial charge in [0, 0.05) is 26.3 Å². The summed E-state index contributed by atoms with van der Waals surface area (Å²) in [5, 5.41) is 0.844. The molecule has 6 heteroatoms. The first-order chi connectivity index (χ1) is 8.81. The predicted molar refractivity (Wildman–Crippen MR) is 72.7 cm³/mol. The first-order valence-electron chi connectivity index (χ1n) is 6.13. The van der Waals surface area contributed by atoms with Crippen molar-refractivity contribution in [2.45, 2.75) is 13.8 Å². The molecule has 1 rings (SSSR count). The minimum Gasteiger partial charge on any atom is -0.380 e. The van der Waals surface area contributed by atoms with Crippen LogP contribution in [0.25, 0.3) is 0 Å². The molecule has 0 radical (unpaired) electrons. The van der Waals surface area contributed by atoms with Gasteiger partial charge in [0.1, 0.15) is 0 Å². The van der Waals surface area contributed by atoms with Gasteiger partial charge in [0.05, 0.1) is 24.3 Å². The van der Waals surface area contributed by atoms with Crippen LogP contribution in [0.15, 0.2) is 6.20 Å². The van der Waals surface area contributed by atoms with Crippen molar-refractivity contribution >= 4 is 22.8 Å². The third-order valence-corrected chi connectivity index (χ3v) is 3.30. The highest BCUT2D eigenvalue weighted by molar-refractivity contribution is 7.17. The summed E-state index contributed by atoms with van der Waals surface area (Å²) in [4.78, 5) is 17.6. The maximum atomic E-state index is 10.7. The Balaban J connectivity index is 2.54. The molecule has 0 aromatic carbocycles. The summed E-state index contributed by atoms with van der Waals surface area (Å²) in [6, 6.07) is 0. The van der Waals surface area contributed by atoms with E-state index in [1.807, 2.05) is 13.8 Å². The zero-order valence-corrected chi connectivity index (χ0v) is 11.7. The molecule has 0 N–H and O–H groups in total. The second-order valence-corrected chi connectivity index (χ2v) is 4.58. The van der Waals surface area contributed by atoms with Crippen molar-refractivity contribution < 1.29 is 14.3 Å². The van der Waals surface area contributed by atoms with Gasteiger partial charge >= 0.3 is 0 Å². The minimum absolute atomic E-state index is 0.641. The summed E-state index contributed by atoms with van der Waals surface area (Å²) < 4.78 is 10.7. The first-order valence-corrected chi connectivity index (χ1v) is 6.94. The highest BCUT2D eigenvalue weighted by Crippen LogP contribution is 2.20. The van der Waals surface area contributed by atoms with Gasteiger partial charge in [0.25, 0.3) is 0 Å². The first kappa shape index (κ1) is 15.1. The molecule has 0 amide bonds. The second kappa shape index (κ2) is 9.02. The molecule has 0 fully saturated rings. The van der Waals surface area contributed by atoms with Gasteiger partial charge in [-0.2, -0.15) is 0 Å². The average Bonchev–Trinajstić information content (AvgIpc) is 2.86. The maximum absolute atomic E-state index is 10.7. The molecular formula is C12H20N2O3S. The number of rotatable bonds is 10. The number of ether oxygens (including phenoxy) is 2. The molecule has 0 aliphatic heterocycles. The summed E-state index contributed by atoms with van der Waals surface area (Å²) in [7, 11) is 0. The molecule has 1 heterocycles. The number of anilines is 1. The molecule has 0 aliphatic carbocycles. The highest BCUT2D eigenvalue weighted by atomic mass is 32.1. The third-order valence-electron chi connectivity index (χ3n) is 2.32. The molecular weight excluding hydrogens is 252 g/mol. The fourth-order valence-corrected chi connectivity index (χ4v) is 2.20. The van der Waals surface area contributed by atoms with Crippen LogP contribution >= 0.6 is 11.3 Å². The maximum Gasteiger partial charge on any atom is 0.186 e. The van der Waals surface area contributed by atoms with Crippen molar-refractivity contribution in [2.75, 3.05) is 44.4 Å². The van der Waals surface area contributed by atoms with E-state index in [0.717, 1.165) is 24.5 Å². The number of carbonyl (C=O) groups is 1. The lowest BCUT2D eigenvalue weighted by Crippen LogP contribution is -2.31. The van der Waals surface area contributed by atoms with E-state index < -0.39 is 0 Å². The summed E-state index contributed by atoms with van der Waals surface area (Å²) >= 11 is 1.39. The van der Waals surface area contributed by atoms with Crippen LogP contribution in [0.2, 0.25) is 0 Å². The molecule has 18 heavy (non-hydrogen) atoms. The number of aldehydes is 1. The Labute approximate surface area is 112 Å². The standard InChI is InChI=1S/C12H20N2O3S/c1-3-16-7-5-14(6-8-17-4-2)12-13-9-11(10-15)18-12/h9-10H,3-8H2,1-2H3. The molecule has 1 aromatic rings. The van der Waals surface area contributed by atoms with Gasteiger partial charge < -0.3 is 14.4 Å². The van der Waals surface area contributed by atoms with E-state index in [0.29, 0.717) is 31.3 Å². The highest BCUT2D eigenvalue weighted by Gasteiger charge is 2.10. The number of nitrogens with zero attached hydrogens (tertiary/aromatic N) is 2. The van der Waals surface area contributed by atoms with E-state index in [4.69, 9.17) is 9.47 Å². The van der Waals surface area contributed by atoms with Crippen LogP contribution < -0.4 is 4.90 Å². The fourth-order valence-electron chi connectivity index (χ4n) is 1.42. The fraction of sp³-hybridized carbons (Fsp3) is 0.667. The van der Waals surface area contributed by atoms with Crippen LogP contribution in [-0.2, 0) is 9.47 Å². The van der Waals surface area contributed by atoms with Gasteiger partial charge in [-0.15, -0.1) is 0 Å². The molecule has 0 saturated carbocycles. The van der Waals surface area contributed by atoms with Crippen molar-refractivity contribution in [3.05, 3.63) is 11.1 Å². The number of hydrogen-bond acceptors (Lipinski definition) is 6. The number of aromatic nitrogens is 1. The number of hydrogen-bond donors (Lipinski definition) is 0. The third kappa shape index (κ3) is 5.12. The molecule has 5 nitrogen and oxygen atoms in total. The normalized spacial score (nSPS) is 10.6. The topological polar surface area (TPSA) is 51.7 Å². The van der Waals surface area contributed by atoms with Crippen LogP contribution in [0, 0.1) is 0 Å². The zero-order valence-electron chi connectivity index (χ0n) is 10.9. The Hall–Kier alpha value is -0.980. The van der Waals surface area contributed by atoms with Crippen LogP contribution in [0.1, 0.15) is 23.5 Å². The quantitative estimate of drug-likeness (QED) is 0.480. The Morgan fingerprint density at radius 3 is 2.33 bits per heavy atom. The van der Waals surface area contributed by atoms with Crippen molar-refractivity contribution in [3.63, 3.8) is 0 Å². The van der Waals surface area contributed by atoms with Crippen molar-refractivity contribution in [1.29, 1.82) is 0 Å². The molecule has 0 saturated heterocycles. The molecule has 1 aromatic heterocycles. The van der Waals surface area contributed by atoms with Gasteiger partial charge in [-0.25, -0.2) is 4.98 Å². The monoisotopic (exact) mass is 272 g/mol. The van der Waals surface area contributed by atoms with Gasteiger partial charge in [0.2, 0.25) is 0 Å². The largest absolute Gasteiger partial charge is 0.380 e. The Morgan fingerprint density at radius 2 is 1.89 bits per heavy atom. The lowest BCUT2D eigenvalue weighted by atomic mass is 10.5. The van der Waals surface area contributed by atoms with Crippen LogP contribution in [-0.4, -0.2) is 50.8 Å². The SMILES string of the molecule is CCOCCN(CCOCC)c1ncc(C=O)s1. The summed E-state index contributed by atoms with van der Waals surface area (Å²) in [5.41, 5.74) is 0. The number of carbonyl (C=O) groups excluding carboxylic acids is 1. The van der Waals surface area contributed by atoms with Crippen LogP contribution in [0.4, 0.5) is 5.13 Å². The number of thiazole rings is 1. The van der Waals surface area contributed by atoms with E-state index in [1.54, 1.807) is 6.20 Å². The predicted octanol–water partition coefficient (Wildman–Crippen LogP) is 1.83. The Kier molecular flexibility index (Phi) is 7.55. The Morgan fingerprint density at radius 1 is 1.28 bits per heavy atom. The molecule has 0 spiro atoms. The molecule has 0 aliphatic rings. The summed E-state index contributed by atoms with van der Waals surface area (Å²) in [5.74, 6) is 0. The van der Waals surface area contributed by atoms with Gasteiger partial charge in [0.15, 0.2) is 11.4 Å². The van der Waals surface area contributed by atoms with E-state index in [1.165, 1.54) is 11.3 Å². The van der Waals surface area contributed by atoms with E-state index in [2.05, 4.69) is 9.88 Å². The van der Waals surface area contributed by atoms with Gasteiger partial charge in [-0.3, -0.25) is 4.79 Å². The molecule has 0 unspecified atom stereocenters. The lowest BCUT2D eigenvalue weighted by Gasteiger charge is -2.21. The zero-order chi connectivity index (χ0) is 13.2. The average molecular weight is 272 g/mol. The van der Waals surface area contributed by atoms with E-state index >= 15 is 0 Å². The van der Waals surface area contributed by atoms with Crippen molar-refractivity contribution in [3.8, 4) is 0 Å². The smallest absolute Gasteiger partial charge is 0.186 e. The van der Waals surface area contributed by atoms with E-state index in [-0.39, 0.29) is 0 Å². The second-order valence-electron chi connectivity index (χ2n) is 3.54. The van der Waals surface area contributed by atoms with Crippen LogP contribution in [0.3, 0.4) is 0 Å². The molecule has 0 atom stereocenters. The minimum atomic E-state index is 0.641. The van der Waals surface area contributed by atoms with E-state index in [9.17, 15) is 4.79 Å². The van der Waals surface area contributed by atoms with Gasteiger partial charge in [-0.05, 0) is 13.8 Å². The van der Waals surface area contributed by atoms with Crippen molar-refractivity contribution in [2.24, 2.45) is 0 Å². The molecule has 0 bridgehead atoms. The Bertz CT molecular complexity index is 334. The molecule has 102 valence electrons. The van der Waals surface area contributed by atoms with Crippen molar-refractivity contribution in [1.82, 2.24) is 4.98 Å². The summed E-state index contributed by atoms with van der Waals surface area (Å²) in [6.45, 7) is 8.17. The van der Waals surface area contributed by atoms with Gasteiger partial charge in [-0.1, -0.05) is 11.3 Å².